The normalized spacial score (nSPS) is 23.1. The van der Waals surface area contributed by atoms with Gasteiger partial charge in [0.2, 0.25) is 0 Å². The molecule has 0 spiro atoms. The highest BCUT2D eigenvalue weighted by atomic mass is 15.1. The number of nitrogens with two attached hydrogens (primary N) is 1. The summed E-state index contributed by atoms with van der Waals surface area (Å²) >= 11 is 0. The van der Waals surface area contributed by atoms with Crippen LogP contribution >= 0.6 is 0 Å². The van der Waals surface area contributed by atoms with Gasteiger partial charge in [0.05, 0.1) is 0 Å². The number of hydrogen-bond donors (Lipinski definition) is 1. The maximum Gasteiger partial charge on any atom is 0.0424 e. The molecule has 1 saturated heterocycles. The molecule has 0 bridgehead atoms. The molecule has 1 aliphatic rings. The lowest BCUT2D eigenvalue weighted by Crippen LogP contribution is -2.33. The van der Waals surface area contributed by atoms with Crippen LogP contribution in [0.25, 0.3) is 0 Å². The zero-order valence-corrected chi connectivity index (χ0v) is 12.7. The van der Waals surface area contributed by atoms with E-state index in [-0.39, 0.29) is 6.04 Å². The molecule has 0 amide bonds. The van der Waals surface area contributed by atoms with Crippen LogP contribution in [-0.2, 0) is 0 Å². The zero-order chi connectivity index (χ0) is 13.8. The van der Waals surface area contributed by atoms with Crippen molar-refractivity contribution >= 4 is 0 Å². The van der Waals surface area contributed by atoms with E-state index in [0.717, 1.165) is 12.5 Å². The van der Waals surface area contributed by atoms with Crippen molar-refractivity contribution in [3.05, 3.63) is 34.9 Å². The third-order valence-electron chi connectivity index (χ3n) is 4.24. The van der Waals surface area contributed by atoms with E-state index in [0.29, 0.717) is 0 Å². The van der Waals surface area contributed by atoms with Crippen molar-refractivity contribution in [3.63, 3.8) is 0 Å². The molecule has 1 heterocycles. The van der Waals surface area contributed by atoms with Crippen molar-refractivity contribution in [2.24, 2.45) is 11.7 Å². The van der Waals surface area contributed by atoms with Gasteiger partial charge < -0.3 is 10.6 Å². The van der Waals surface area contributed by atoms with Gasteiger partial charge in [-0.1, -0.05) is 36.2 Å². The monoisotopic (exact) mass is 260 g/mol. The maximum absolute atomic E-state index is 6.41. The first-order chi connectivity index (χ1) is 9.04. The van der Waals surface area contributed by atoms with Gasteiger partial charge in [0.15, 0.2) is 0 Å². The molecule has 2 heteroatoms. The van der Waals surface area contributed by atoms with E-state index in [1.165, 1.54) is 49.0 Å². The van der Waals surface area contributed by atoms with Gasteiger partial charge in [0.1, 0.15) is 0 Å². The van der Waals surface area contributed by atoms with E-state index >= 15 is 0 Å². The average molecular weight is 260 g/mol. The average Bonchev–Trinajstić information content (AvgIpc) is 2.53. The largest absolute Gasteiger partial charge is 0.323 e. The quantitative estimate of drug-likeness (QED) is 0.902. The van der Waals surface area contributed by atoms with Crippen LogP contribution in [0.1, 0.15) is 48.9 Å². The van der Waals surface area contributed by atoms with Crippen LogP contribution < -0.4 is 5.73 Å². The second-order valence-electron chi connectivity index (χ2n) is 6.36. The summed E-state index contributed by atoms with van der Waals surface area (Å²) in [5, 5.41) is 0. The molecule has 1 fully saturated rings. The van der Waals surface area contributed by atoms with Crippen LogP contribution in [0.2, 0.25) is 0 Å². The van der Waals surface area contributed by atoms with Gasteiger partial charge in [-0.3, -0.25) is 0 Å². The van der Waals surface area contributed by atoms with Crippen molar-refractivity contribution in [2.45, 2.75) is 46.1 Å². The molecular formula is C17H28N2. The summed E-state index contributed by atoms with van der Waals surface area (Å²) in [6, 6.07) is 6.83. The summed E-state index contributed by atoms with van der Waals surface area (Å²) < 4.78 is 0. The number of benzene rings is 1. The fraction of sp³-hybridized carbons (Fsp3) is 0.647. The first-order valence-corrected chi connectivity index (χ1v) is 7.60. The lowest BCUT2D eigenvalue weighted by atomic mass is 10.0. The minimum Gasteiger partial charge on any atom is -0.323 e. The van der Waals surface area contributed by atoms with Crippen molar-refractivity contribution in [3.8, 4) is 0 Å². The first kappa shape index (κ1) is 14.5. The number of hydrogen-bond acceptors (Lipinski definition) is 2. The Bertz CT molecular complexity index is 393. The minimum atomic E-state index is 0.145. The van der Waals surface area contributed by atoms with Gasteiger partial charge >= 0.3 is 0 Å². The molecule has 106 valence electrons. The van der Waals surface area contributed by atoms with Crippen molar-refractivity contribution < 1.29 is 0 Å². The Morgan fingerprint density at radius 1 is 1.16 bits per heavy atom. The summed E-state index contributed by atoms with van der Waals surface area (Å²) in [7, 11) is 0. The molecule has 2 N–H and O–H groups in total. The Labute approximate surface area is 118 Å². The number of rotatable bonds is 3. The van der Waals surface area contributed by atoms with Crippen LogP contribution in [0.4, 0.5) is 0 Å². The van der Waals surface area contributed by atoms with Crippen LogP contribution in [0, 0.1) is 19.8 Å². The molecule has 2 rings (SSSR count). The molecule has 19 heavy (non-hydrogen) atoms. The Morgan fingerprint density at radius 3 is 2.53 bits per heavy atom. The molecule has 0 aromatic heterocycles. The van der Waals surface area contributed by atoms with E-state index in [2.05, 4.69) is 43.9 Å². The highest BCUT2D eigenvalue weighted by molar-refractivity contribution is 5.30. The topological polar surface area (TPSA) is 29.3 Å². The summed E-state index contributed by atoms with van der Waals surface area (Å²) in [6.45, 7) is 10.1. The Morgan fingerprint density at radius 2 is 1.84 bits per heavy atom. The Kier molecular flexibility index (Phi) is 5.00. The third-order valence-corrected chi connectivity index (χ3v) is 4.24. The third kappa shape index (κ3) is 4.32. The first-order valence-electron chi connectivity index (χ1n) is 7.60. The molecule has 1 aliphatic heterocycles. The fourth-order valence-corrected chi connectivity index (χ4v) is 3.11. The number of aryl methyl sites for hydroxylation is 2. The second kappa shape index (κ2) is 6.53. The van der Waals surface area contributed by atoms with Crippen LogP contribution in [0.15, 0.2) is 18.2 Å². The van der Waals surface area contributed by atoms with E-state index in [4.69, 9.17) is 5.73 Å². The fourth-order valence-electron chi connectivity index (χ4n) is 3.11. The van der Waals surface area contributed by atoms with Gasteiger partial charge in [-0.2, -0.15) is 0 Å². The van der Waals surface area contributed by atoms with Gasteiger partial charge in [0.25, 0.3) is 0 Å². The van der Waals surface area contributed by atoms with E-state index in [1.807, 2.05) is 0 Å². The second-order valence-corrected chi connectivity index (χ2v) is 6.36. The Balaban J connectivity index is 1.97. The van der Waals surface area contributed by atoms with E-state index < -0.39 is 0 Å². The van der Waals surface area contributed by atoms with Gasteiger partial charge in [-0.05, 0) is 57.7 Å². The van der Waals surface area contributed by atoms with E-state index in [1.54, 1.807) is 0 Å². The molecule has 0 radical (unpaired) electrons. The Hall–Kier alpha value is -0.860. The molecular weight excluding hydrogens is 232 g/mol. The van der Waals surface area contributed by atoms with Crippen LogP contribution in [0.5, 0.6) is 0 Å². The maximum atomic E-state index is 6.41. The highest BCUT2D eigenvalue weighted by Crippen LogP contribution is 2.20. The molecule has 1 aromatic rings. The molecule has 0 aliphatic carbocycles. The van der Waals surface area contributed by atoms with Gasteiger partial charge in [-0.15, -0.1) is 0 Å². The van der Waals surface area contributed by atoms with Crippen molar-refractivity contribution in [1.29, 1.82) is 0 Å². The van der Waals surface area contributed by atoms with Crippen LogP contribution in [-0.4, -0.2) is 24.5 Å². The molecule has 1 aromatic carbocycles. The SMILES string of the molecule is Cc1cc(C)cc(C(N)CN2CCCC(C)CC2)c1. The number of nitrogens with zero attached hydrogens (tertiary/aromatic N) is 1. The number of likely N-dealkylation sites (tertiary alicyclic amines) is 1. The molecule has 2 atom stereocenters. The van der Waals surface area contributed by atoms with Crippen LogP contribution in [0.3, 0.4) is 0 Å². The predicted octanol–water partition coefficient (Wildman–Crippen LogP) is 3.43. The van der Waals surface area contributed by atoms with Crippen molar-refractivity contribution in [2.75, 3.05) is 19.6 Å². The molecule has 2 nitrogen and oxygen atoms in total. The van der Waals surface area contributed by atoms with Crippen molar-refractivity contribution in [1.82, 2.24) is 4.90 Å². The minimum absolute atomic E-state index is 0.145. The summed E-state index contributed by atoms with van der Waals surface area (Å²) in [5.74, 6) is 0.877. The zero-order valence-electron chi connectivity index (χ0n) is 12.7. The summed E-state index contributed by atoms with van der Waals surface area (Å²) in [4.78, 5) is 2.55. The standard InChI is InChI=1S/C17H28N2/c1-13-5-4-7-19(8-6-13)12-17(18)16-10-14(2)9-15(3)11-16/h9-11,13,17H,4-8,12,18H2,1-3H3. The summed E-state index contributed by atoms with van der Waals surface area (Å²) in [6.07, 6.45) is 4.01. The van der Waals surface area contributed by atoms with Gasteiger partial charge in [0, 0.05) is 12.6 Å². The molecule has 0 saturated carbocycles. The van der Waals surface area contributed by atoms with E-state index in [9.17, 15) is 0 Å². The smallest absolute Gasteiger partial charge is 0.0424 e. The summed E-state index contributed by atoms with van der Waals surface area (Å²) in [5.41, 5.74) is 10.3. The predicted molar refractivity (Wildman–Crippen MR) is 82.3 cm³/mol. The molecule has 2 unspecified atom stereocenters. The lowest BCUT2D eigenvalue weighted by Gasteiger charge is -2.24. The lowest BCUT2D eigenvalue weighted by molar-refractivity contribution is 0.265. The van der Waals surface area contributed by atoms with Gasteiger partial charge in [-0.25, -0.2) is 0 Å². The highest BCUT2D eigenvalue weighted by Gasteiger charge is 2.17.